The lowest BCUT2D eigenvalue weighted by molar-refractivity contribution is -0.137. The largest absolute Gasteiger partial charge is 0.417 e. The molecular formula is C13H17Cl2F3N2O. The molecule has 1 aromatic rings. The highest BCUT2D eigenvalue weighted by molar-refractivity contribution is 6.32. The molecule has 0 unspecified atom stereocenters. The summed E-state index contributed by atoms with van der Waals surface area (Å²) in [6.07, 6.45) is -4.49. The summed E-state index contributed by atoms with van der Waals surface area (Å²) >= 11 is 5.91. The number of aliphatic hydroxyl groups excluding tert-OH is 1. The highest BCUT2D eigenvalue weighted by atomic mass is 35.5. The Kier molecular flexibility index (Phi) is 6.74. The first-order valence-electron chi connectivity index (χ1n) is 6.36. The Morgan fingerprint density at radius 2 is 1.90 bits per heavy atom. The molecule has 120 valence electrons. The molecule has 0 radical (unpaired) electrons. The molecule has 1 heterocycles. The van der Waals surface area contributed by atoms with E-state index in [4.69, 9.17) is 11.6 Å². The van der Waals surface area contributed by atoms with Crippen molar-refractivity contribution in [3.63, 3.8) is 0 Å². The minimum absolute atomic E-state index is 0. The van der Waals surface area contributed by atoms with E-state index in [0.29, 0.717) is 18.7 Å². The van der Waals surface area contributed by atoms with E-state index < -0.39 is 17.8 Å². The predicted octanol–water partition coefficient (Wildman–Crippen LogP) is 2.72. The van der Waals surface area contributed by atoms with E-state index in [1.165, 1.54) is 6.07 Å². The highest BCUT2D eigenvalue weighted by Crippen LogP contribution is 2.39. The zero-order valence-electron chi connectivity index (χ0n) is 11.2. The highest BCUT2D eigenvalue weighted by Gasteiger charge is 2.35. The van der Waals surface area contributed by atoms with Crippen LogP contribution in [0, 0.1) is 0 Å². The molecule has 1 saturated heterocycles. The van der Waals surface area contributed by atoms with Crippen LogP contribution in [0.25, 0.3) is 0 Å². The van der Waals surface area contributed by atoms with E-state index in [0.717, 1.165) is 19.2 Å². The first-order chi connectivity index (χ1) is 9.45. The Morgan fingerprint density at radius 3 is 2.43 bits per heavy atom. The van der Waals surface area contributed by atoms with Gasteiger partial charge < -0.3 is 10.4 Å². The molecule has 1 aliphatic heterocycles. The molecule has 1 aliphatic rings. The van der Waals surface area contributed by atoms with Gasteiger partial charge in [-0.2, -0.15) is 13.2 Å². The summed E-state index contributed by atoms with van der Waals surface area (Å²) < 4.78 is 38.6. The second kappa shape index (κ2) is 7.65. The third-order valence-corrected chi connectivity index (χ3v) is 3.88. The Bertz CT molecular complexity index is 465. The quantitative estimate of drug-likeness (QED) is 0.884. The van der Waals surface area contributed by atoms with Gasteiger partial charge in [0.05, 0.1) is 23.2 Å². The van der Waals surface area contributed by atoms with Crippen LogP contribution in [0.5, 0.6) is 0 Å². The van der Waals surface area contributed by atoms with Crippen molar-refractivity contribution in [1.29, 1.82) is 0 Å². The maximum Gasteiger partial charge on any atom is 0.417 e. The van der Waals surface area contributed by atoms with Crippen LogP contribution in [0.2, 0.25) is 5.02 Å². The molecule has 3 nitrogen and oxygen atoms in total. The van der Waals surface area contributed by atoms with Crippen molar-refractivity contribution < 1.29 is 18.3 Å². The third kappa shape index (κ3) is 4.23. The van der Waals surface area contributed by atoms with Gasteiger partial charge in [0.25, 0.3) is 0 Å². The van der Waals surface area contributed by atoms with E-state index >= 15 is 0 Å². The van der Waals surface area contributed by atoms with Crippen molar-refractivity contribution in [3.05, 3.63) is 34.3 Å². The minimum Gasteiger partial charge on any atom is -0.394 e. The predicted molar refractivity (Wildman–Crippen MR) is 78.0 cm³/mol. The molecule has 2 N–H and O–H groups in total. The summed E-state index contributed by atoms with van der Waals surface area (Å²) in [5.74, 6) is 0. The van der Waals surface area contributed by atoms with Gasteiger partial charge in [0.15, 0.2) is 0 Å². The van der Waals surface area contributed by atoms with Crippen molar-refractivity contribution in [2.24, 2.45) is 0 Å². The number of benzene rings is 1. The van der Waals surface area contributed by atoms with Crippen molar-refractivity contribution in [2.75, 3.05) is 32.8 Å². The summed E-state index contributed by atoms with van der Waals surface area (Å²) in [6, 6.07) is 3.32. The zero-order valence-corrected chi connectivity index (χ0v) is 12.7. The molecule has 0 aromatic heterocycles. The van der Waals surface area contributed by atoms with Crippen LogP contribution in [0.15, 0.2) is 18.2 Å². The van der Waals surface area contributed by atoms with Crippen molar-refractivity contribution >= 4 is 24.0 Å². The number of nitrogens with zero attached hydrogens (tertiary/aromatic N) is 1. The Labute approximate surface area is 132 Å². The summed E-state index contributed by atoms with van der Waals surface area (Å²) in [6.45, 7) is 2.55. The lowest BCUT2D eigenvalue weighted by Crippen LogP contribution is -2.46. The molecule has 0 aliphatic carbocycles. The molecule has 0 saturated carbocycles. The third-order valence-electron chi connectivity index (χ3n) is 3.46. The molecule has 1 atom stereocenters. The number of hydrogen-bond acceptors (Lipinski definition) is 3. The first kappa shape index (κ1) is 18.5. The van der Waals surface area contributed by atoms with Gasteiger partial charge in [0, 0.05) is 26.2 Å². The van der Waals surface area contributed by atoms with Gasteiger partial charge in [-0.05, 0) is 11.6 Å². The van der Waals surface area contributed by atoms with Crippen LogP contribution >= 0.6 is 24.0 Å². The number of alkyl halides is 3. The molecule has 2 rings (SSSR count). The molecule has 0 bridgehead atoms. The van der Waals surface area contributed by atoms with Gasteiger partial charge >= 0.3 is 6.18 Å². The minimum atomic E-state index is -4.49. The SMILES string of the molecule is Cl.OC[C@H](c1cccc(C(F)(F)F)c1Cl)N1CCNCC1. The van der Waals surface area contributed by atoms with Crippen LogP contribution in [0.3, 0.4) is 0 Å². The van der Waals surface area contributed by atoms with Crippen LogP contribution in [0.1, 0.15) is 17.2 Å². The molecule has 1 aromatic carbocycles. The average Bonchev–Trinajstić information content (AvgIpc) is 2.41. The number of rotatable bonds is 3. The van der Waals surface area contributed by atoms with Gasteiger partial charge in [-0.25, -0.2) is 0 Å². The van der Waals surface area contributed by atoms with Crippen LogP contribution < -0.4 is 5.32 Å². The summed E-state index contributed by atoms with van der Waals surface area (Å²) in [5.41, 5.74) is -0.531. The fraction of sp³-hybridized carbons (Fsp3) is 0.538. The van der Waals surface area contributed by atoms with Crippen molar-refractivity contribution in [3.8, 4) is 0 Å². The standard InChI is InChI=1S/C13H16ClF3N2O.ClH/c14-12-9(2-1-3-10(12)13(15,16)17)11(8-20)19-6-4-18-5-7-19;/h1-3,11,18,20H,4-8H2;1H/t11-;/m1./s1. The monoisotopic (exact) mass is 344 g/mol. The normalized spacial score (nSPS) is 18.1. The Morgan fingerprint density at radius 1 is 1.29 bits per heavy atom. The lowest BCUT2D eigenvalue weighted by atomic mass is 10.0. The molecule has 8 heteroatoms. The smallest absolute Gasteiger partial charge is 0.394 e. The van der Waals surface area contributed by atoms with Crippen LogP contribution in [0.4, 0.5) is 13.2 Å². The fourth-order valence-electron chi connectivity index (χ4n) is 2.43. The summed E-state index contributed by atoms with van der Waals surface area (Å²) in [4.78, 5) is 1.94. The number of piperazine rings is 1. The number of halogens is 5. The fourth-order valence-corrected chi connectivity index (χ4v) is 2.79. The van der Waals surface area contributed by atoms with Crippen LogP contribution in [-0.4, -0.2) is 42.8 Å². The molecular weight excluding hydrogens is 328 g/mol. The molecule has 0 amide bonds. The molecule has 0 spiro atoms. The lowest BCUT2D eigenvalue weighted by Gasteiger charge is -2.34. The molecule has 1 fully saturated rings. The maximum atomic E-state index is 12.9. The van der Waals surface area contributed by atoms with Crippen molar-refractivity contribution in [2.45, 2.75) is 12.2 Å². The first-order valence-corrected chi connectivity index (χ1v) is 6.74. The van der Waals surface area contributed by atoms with E-state index in [-0.39, 0.29) is 24.0 Å². The second-order valence-corrected chi connectivity index (χ2v) is 5.07. The van der Waals surface area contributed by atoms with E-state index in [9.17, 15) is 18.3 Å². The number of nitrogens with one attached hydrogen (secondary N) is 1. The van der Waals surface area contributed by atoms with Gasteiger partial charge in [-0.1, -0.05) is 23.7 Å². The molecule has 21 heavy (non-hydrogen) atoms. The van der Waals surface area contributed by atoms with Gasteiger partial charge in [-0.15, -0.1) is 12.4 Å². The maximum absolute atomic E-state index is 12.9. The van der Waals surface area contributed by atoms with Gasteiger partial charge in [0.1, 0.15) is 0 Å². The number of hydrogen-bond donors (Lipinski definition) is 2. The summed E-state index contributed by atoms with van der Waals surface area (Å²) in [5, 5.41) is 12.4. The van der Waals surface area contributed by atoms with Crippen LogP contribution in [-0.2, 0) is 6.18 Å². The Balaban J connectivity index is 0.00000220. The zero-order chi connectivity index (χ0) is 14.8. The van der Waals surface area contributed by atoms with Crippen molar-refractivity contribution in [1.82, 2.24) is 10.2 Å². The van der Waals surface area contributed by atoms with E-state index in [1.54, 1.807) is 6.07 Å². The van der Waals surface area contributed by atoms with E-state index in [1.807, 2.05) is 4.90 Å². The average molecular weight is 345 g/mol. The number of aliphatic hydroxyl groups is 1. The van der Waals surface area contributed by atoms with Gasteiger partial charge in [0.2, 0.25) is 0 Å². The topological polar surface area (TPSA) is 35.5 Å². The second-order valence-electron chi connectivity index (χ2n) is 4.69. The summed E-state index contributed by atoms with van der Waals surface area (Å²) in [7, 11) is 0. The Hall–Kier alpha value is -0.530. The van der Waals surface area contributed by atoms with E-state index in [2.05, 4.69) is 5.32 Å². The van der Waals surface area contributed by atoms with Gasteiger partial charge in [-0.3, -0.25) is 4.90 Å².